The Kier molecular flexibility index (Phi) is 5.94. The van der Waals surface area contributed by atoms with Crippen LogP contribution in [0.25, 0.3) is 16.6 Å². The molecule has 0 spiro atoms. The lowest BCUT2D eigenvalue weighted by molar-refractivity contribution is -0.248. The van der Waals surface area contributed by atoms with Gasteiger partial charge < -0.3 is 5.11 Å². The maximum atomic E-state index is 14.1. The molecule has 6 heteroatoms. The van der Waals surface area contributed by atoms with Crippen LogP contribution in [-0.2, 0) is 5.60 Å². The second-order valence-corrected chi connectivity index (χ2v) is 6.75. The van der Waals surface area contributed by atoms with Gasteiger partial charge in [0.15, 0.2) is 0 Å². The quantitative estimate of drug-likeness (QED) is 0.510. The van der Waals surface area contributed by atoms with Gasteiger partial charge in [-0.2, -0.15) is 18.3 Å². The van der Waals surface area contributed by atoms with E-state index in [1.807, 2.05) is 37.3 Å². The number of hydrogen-bond donors (Lipinski definition) is 1. The van der Waals surface area contributed by atoms with E-state index in [2.05, 4.69) is 5.10 Å². The van der Waals surface area contributed by atoms with Gasteiger partial charge in [0.05, 0.1) is 17.4 Å². The number of rotatable bonds is 6. The van der Waals surface area contributed by atoms with Crippen molar-refractivity contribution in [2.45, 2.75) is 38.5 Å². The second kappa shape index (κ2) is 8.25. The Balaban J connectivity index is 2.17. The van der Waals surface area contributed by atoms with Crippen molar-refractivity contribution in [3.63, 3.8) is 0 Å². The summed E-state index contributed by atoms with van der Waals surface area (Å²) in [5.41, 5.74) is -2.04. The van der Waals surface area contributed by atoms with Gasteiger partial charge in [-0.05, 0) is 48.2 Å². The van der Waals surface area contributed by atoms with Crippen molar-refractivity contribution < 1.29 is 18.3 Å². The smallest absolute Gasteiger partial charge is 0.372 e. The molecule has 0 aliphatic heterocycles. The summed E-state index contributed by atoms with van der Waals surface area (Å²) in [6, 6.07) is 13.6. The highest BCUT2D eigenvalue weighted by Gasteiger charge is 2.56. The predicted molar refractivity (Wildman–Crippen MR) is 109 cm³/mol. The minimum absolute atomic E-state index is 0.177. The number of halogens is 3. The van der Waals surface area contributed by atoms with E-state index in [0.717, 1.165) is 5.69 Å². The summed E-state index contributed by atoms with van der Waals surface area (Å²) in [4.78, 5) is 0. The van der Waals surface area contributed by atoms with Crippen LogP contribution < -0.4 is 0 Å². The number of allylic oxidation sites excluding steroid dienone is 2. The summed E-state index contributed by atoms with van der Waals surface area (Å²) in [7, 11) is 0. The molecule has 0 aliphatic carbocycles. The van der Waals surface area contributed by atoms with Crippen LogP contribution in [0.1, 0.15) is 32.3 Å². The molecule has 1 heterocycles. The summed E-state index contributed by atoms with van der Waals surface area (Å²) >= 11 is 0. The molecule has 0 amide bonds. The summed E-state index contributed by atoms with van der Waals surface area (Å²) in [5.74, 6) is 0. The van der Waals surface area contributed by atoms with Crippen molar-refractivity contribution in [1.82, 2.24) is 9.78 Å². The maximum Gasteiger partial charge on any atom is 0.425 e. The molecule has 0 bridgehead atoms. The Labute approximate surface area is 167 Å². The van der Waals surface area contributed by atoms with Crippen LogP contribution >= 0.6 is 0 Å². The molecule has 0 radical (unpaired) electrons. The van der Waals surface area contributed by atoms with E-state index in [1.165, 1.54) is 30.5 Å². The van der Waals surface area contributed by atoms with Crippen LogP contribution in [0, 0.1) is 0 Å². The monoisotopic (exact) mass is 400 g/mol. The average molecular weight is 400 g/mol. The molecule has 3 nitrogen and oxygen atoms in total. The standard InChI is InChI=1S/C23H23F3N2O/c1-3-5-10-18(9-4-2)22(29,23(24,25)26)19-13-14-21-17(15-19)16-27-28(21)20-11-7-6-8-12-20/h5-16,29H,3-4H2,1-2H3/b10-5-,18-9+. The van der Waals surface area contributed by atoms with E-state index >= 15 is 0 Å². The highest BCUT2D eigenvalue weighted by Crippen LogP contribution is 2.45. The summed E-state index contributed by atoms with van der Waals surface area (Å²) in [6.07, 6.45) is 1.95. The van der Waals surface area contributed by atoms with Gasteiger partial charge in [0.2, 0.25) is 5.60 Å². The summed E-state index contributed by atoms with van der Waals surface area (Å²) in [6.45, 7) is 3.57. The van der Waals surface area contributed by atoms with Gasteiger partial charge in [-0.3, -0.25) is 0 Å². The first-order chi connectivity index (χ1) is 13.8. The average Bonchev–Trinajstić information content (AvgIpc) is 3.13. The Hall–Kier alpha value is -2.86. The van der Waals surface area contributed by atoms with E-state index < -0.39 is 11.8 Å². The van der Waals surface area contributed by atoms with Crippen molar-refractivity contribution in [2.75, 3.05) is 0 Å². The highest BCUT2D eigenvalue weighted by molar-refractivity contribution is 5.81. The summed E-state index contributed by atoms with van der Waals surface area (Å²) < 4.78 is 44.0. The molecule has 3 rings (SSSR count). The SMILES string of the molecule is CC/C=C\C(=C/CC)C(O)(c1ccc2c(cnn2-c2ccccc2)c1)C(F)(F)F. The Bertz CT molecular complexity index is 1040. The Morgan fingerprint density at radius 1 is 1.07 bits per heavy atom. The number of aliphatic hydroxyl groups is 1. The molecular formula is C23H23F3N2O. The van der Waals surface area contributed by atoms with E-state index in [1.54, 1.807) is 23.7 Å². The maximum absolute atomic E-state index is 14.1. The Morgan fingerprint density at radius 2 is 1.79 bits per heavy atom. The zero-order valence-corrected chi connectivity index (χ0v) is 16.3. The molecule has 1 atom stereocenters. The molecule has 2 aromatic carbocycles. The molecule has 29 heavy (non-hydrogen) atoms. The van der Waals surface area contributed by atoms with E-state index in [-0.39, 0.29) is 11.1 Å². The molecule has 1 unspecified atom stereocenters. The molecule has 152 valence electrons. The fraction of sp³-hybridized carbons (Fsp3) is 0.261. The van der Waals surface area contributed by atoms with Gasteiger partial charge in [-0.15, -0.1) is 0 Å². The van der Waals surface area contributed by atoms with E-state index in [0.29, 0.717) is 23.7 Å². The van der Waals surface area contributed by atoms with Gasteiger partial charge in [0.25, 0.3) is 0 Å². The zero-order valence-electron chi connectivity index (χ0n) is 16.3. The molecule has 0 fully saturated rings. The van der Waals surface area contributed by atoms with E-state index in [4.69, 9.17) is 0 Å². The van der Waals surface area contributed by atoms with Crippen molar-refractivity contribution in [2.24, 2.45) is 0 Å². The predicted octanol–water partition coefficient (Wildman–Crippen LogP) is 6.08. The highest BCUT2D eigenvalue weighted by atomic mass is 19.4. The third-order valence-electron chi connectivity index (χ3n) is 4.77. The summed E-state index contributed by atoms with van der Waals surface area (Å²) in [5, 5.41) is 15.8. The molecule has 0 saturated heterocycles. The second-order valence-electron chi connectivity index (χ2n) is 6.75. The lowest BCUT2D eigenvalue weighted by Crippen LogP contribution is -2.43. The molecule has 0 aliphatic rings. The first kappa shape index (κ1) is 20.9. The van der Waals surface area contributed by atoms with Gasteiger partial charge >= 0.3 is 6.18 Å². The normalized spacial score (nSPS) is 15.2. The van der Waals surface area contributed by atoms with Crippen molar-refractivity contribution in [1.29, 1.82) is 0 Å². The molecule has 3 aromatic rings. The molecule has 0 saturated carbocycles. The minimum Gasteiger partial charge on any atom is -0.372 e. The van der Waals surface area contributed by atoms with Gasteiger partial charge in [0.1, 0.15) is 0 Å². The number of alkyl halides is 3. The zero-order chi connectivity index (χ0) is 21.1. The number of nitrogens with zero attached hydrogens (tertiary/aromatic N) is 2. The fourth-order valence-corrected chi connectivity index (χ4v) is 3.33. The van der Waals surface area contributed by atoms with Crippen LogP contribution in [0.15, 0.2) is 78.5 Å². The van der Waals surface area contributed by atoms with E-state index in [9.17, 15) is 18.3 Å². The molecular weight excluding hydrogens is 377 g/mol. The number of benzene rings is 2. The fourth-order valence-electron chi connectivity index (χ4n) is 3.33. The van der Waals surface area contributed by atoms with Crippen LogP contribution in [-0.4, -0.2) is 21.1 Å². The van der Waals surface area contributed by atoms with Gasteiger partial charge in [-0.25, -0.2) is 4.68 Å². The van der Waals surface area contributed by atoms with Crippen molar-refractivity contribution in [3.8, 4) is 5.69 Å². The molecule has 1 aromatic heterocycles. The first-order valence-electron chi connectivity index (χ1n) is 9.52. The Morgan fingerprint density at radius 3 is 2.41 bits per heavy atom. The van der Waals surface area contributed by atoms with Gasteiger partial charge in [-0.1, -0.05) is 56.3 Å². The lowest BCUT2D eigenvalue weighted by atomic mass is 9.83. The van der Waals surface area contributed by atoms with Crippen molar-refractivity contribution in [3.05, 3.63) is 84.1 Å². The van der Waals surface area contributed by atoms with Crippen molar-refractivity contribution >= 4 is 10.9 Å². The number of para-hydroxylation sites is 1. The largest absolute Gasteiger partial charge is 0.425 e. The van der Waals surface area contributed by atoms with Crippen LogP contribution in [0.4, 0.5) is 13.2 Å². The minimum atomic E-state index is -4.88. The molecule has 1 N–H and O–H groups in total. The third kappa shape index (κ3) is 3.85. The van der Waals surface area contributed by atoms with Crippen LogP contribution in [0.2, 0.25) is 0 Å². The van der Waals surface area contributed by atoms with Crippen LogP contribution in [0.5, 0.6) is 0 Å². The third-order valence-corrected chi connectivity index (χ3v) is 4.77. The topological polar surface area (TPSA) is 38.1 Å². The van der Waals surface area contributed by atoms with Crippen LogP contribution in [0.3, 0.4) is 0 Å². The number of aromatic nitrogens is 2. The lowest BCUT2D eigenvalue weighted by Gasteiger charge is -2.32. The first-order valence-corrected chi connectivity index (χ1v) is 9.52. The van der Waals surface area contributed by atoms with Gasteiger partial charge in [0, 0.05) is 5.39 Å². The number of fused-ring (bicyclic) bond motifs is 1. The number of hydrogen-bond acceptors (Lipinski definition) is 2.